The van der Waals surface area contributed by atoms with E-state index in [9.17, 15) is 9.59 Å². The fourth-order valence-electron chi connectivity index (χ4n) is 4.15. The molecule has 0 unspecified atom stereocenters. The van der Waals surface area contributed by atoms with Gasteiger partial charge in [0, 0.05) is 33.2 Å². The lowest BCUT2D eigenvalue weighted by atomic mass is 10.1. The first kappa shape index (κ1) is 21.3. The van der Waals surface area contributed by atoms with Crippen LogP contribution < -0.4 is 0 Å². The van der Waals surface area contributed by atoms with Gasteiger partial charge in [0.1, 0.15) is 0 Å². The molecule has 0 N–H and O–H groups in total. The summed E-state index contributed by atoms with van der Waals surface area (Å²) in [5, 5.41) is 0.274. The Bertz CT molecular complexity index is 488. The van der Waals surface area contributed by atoms with Gasteiger partial charge in [0.05, 0.1) is 10.5 Å². The zero-order valence-electron chi connectivity index (χ0n) is 16.7. The summed E-state index contributed by atoms with van der Waals surface area (Å²) in [6.45, 7) is 5.42. The fraction of sp³-hybridized carbons (Fsp3) is 0.900. The quantitative estimate of drug-likeness (QED) is 0.612. The lowest BCUT2D eigenvalue weighted by Crippen LogP contribution is -2.47. The van der Waals surface area contributed by atoms with E-state index in [2.05, 4.69) is 4.90 Å². The minimum Gasteiger partial charge on any atom is -0.343 e. The maximum Gasteiger partial charge on any atom is 0.235 e. The van der Waals surface area contributed by atoms with Crippen LogP contribution in [0.25, 0.3) is 0 Å². The van der Waals surface area contributed by atoms with Crippen molar-refractivity contribution in [1.82, 2.24) is 14.7 Å². The number of piperidine rings is 1. The van der Waals surface area contributed by atoms with Gasteiger partial charge in [-0.3, -0.25) is 9.59 Å². The predicted molar refractivity (Wildman–Crippen MR) is 115 cm³/mol. The Balaban J connectivity index is 1.51. The lowest BCUT2D eigenvalue weighted by molar-refractivity contribution is -0.134. The van der Waals surface area contributed by atoms with Crippen molar-refractivity contribution < 1.29 is 9.59 Å². The van der Waals surface area contributed by atoms with Crippen molar-refractivity contribution in [1.29, 1.82) is 0 Å². The number of carbonyl (C=O) groups excluding carboxylic acids is 2. The van der Waals surface area contributed by atoms with Crippen LogP contribution in [0.2, 0.25) is 0 Å². The SMILES string of the molecule is CN(CCN(CCN1CCCCC1)C(=O)[C@H]1CCCS1)C(=O)[C@H]1CCCS1. The highest BCUT2D eigenvalue weighted by molar-refractivity contribution is 8.01. The molecule has 0 radical (unpaired) electrons. The predicted octanol–water partition coefficient (Wildman–Crippen LogP) is 2.55. The van der Waals surface area contributed by atoms with E-state index in [1.807, 2.05) is 28.6 Å². The Hall–Kier alpha value is -0.400. The first-order valence-corrected chi connectivity index (χ1v) is 12.7. The van der Waals surface area contributed by atoms with Crippen LogP contribution in [0.1, 0.15) is 44.9 Å². The second kappa shape index (κ2) is 11.0. The topological polar surface area (TPSA) is 43.9 Å². The van der Waals surface area contributed by atoms with Gasteiger partial charge in [-0.05, 0) is 63.1 Å². The van der Waals surface area contributed by atoms with Crippen molar-refractivity contribution >= 4 is 35.3 Å². The van der Waals surface area contributed by atoms with Crippen LogP contribution in [-0.2, 0) is 9.59 Å². The Labute approximate surface area is 173 Å². The van der Waals surface area contributed by atoms with E-state index in [0.29, 0.717) is 19.0 Å². The fourth-order valence-corrected chi connectivity index (χ4v) is 6.67. The highest BCUT2D eigenvalue weighted by Crippen LogP contribution is 2.28. The van der Waals surface area contributed by atoms with Crippen LogP contribution in [-0.4, -0.2) is 94.8 Å². The Morgan fingerprint density at radius 3 is 2.07 bits per heavy atom. The molecule has 0 aromatic rings. The summed E-state index contributed by atoms with van der Waals surface area (Å²) in [7, 11) is 1.90. The maximum absolute atomic E-state index is 13.0. The summed E-state index contributed by atoms with van der Waals surface area (Å²) in [5.41, 5.74) is 0. The van der Waals surface area contributed by atoms with Crippen molar-refractivity contribution in [3.05, 3.63) is 0 Å². The average Bonchev–Trinajstić information content (AvgIpc) is 3.41. The Kier molecular flexibility index (Phi) is 8.65. The van der Waals surface area contributed by atoms with Gasteiger partial charge in [-0.2, -0.15) is 0 Å². The number of nitrogens with zero attached hydrogens (tertiary/aromatic N) is 3. The summed E-state index contributed by atoms with van der Waals surface area (Å²) < 4.78 is 0. The number of likely N-dealkylation sites (tertiary alicyclic amines) is 1. The van der Waals surface area contributed by atoms with E-state index in [1.165, 1.54) is 19.3 Å². The van der Waals surface area contributed by atoms with Gasteiger partial charge in [0.25, 0.3) is 0 Å². The molecule has 2 amide bonds. The summed E-state index contributed by atoms with van der Waals surface area (Å²) in [5.74, 6) is 2.75. The van der Waals surface area contributed by atoms with Crippen LogP contribution >= 0.6 is 23.5 Å². The standard InChI is InChI=1S/C20H35N3O2S2/c1-21(19(24)17-7-5-15-26-17)11-13-23(20(25)18-8-6-16-27-18)14-12-22-9-3-2-4-10-22/h17-18H,2-16H2,1H3/t17-,18-/m1/s1. The number of hydrogen-bond donors (Lipinski definition) is 0. The Morgan fingerprint density at radius 1 is 0.852 bits per heavy atom. The van der Waals surface area contributed by atoms with E-state index in [1.54, 1.807) is 11.8 Å². The third-order valence-electron chi connectivity index (χ3n) is 5.94. The van der Waals surface area contributed by atoms with Gasteiger partial charge in [0.2, 0.25) is 11.8 Å². The summed E-state index contributed by atoms with van der Waals surface area (Å²) in [4.78, 5) is 32.0. The first-order valence-electron chi connectivity index (χ1n) is 10.6. The molecule has 0 bridgehead atoms. The van der Waals surface area contributed by atoms with E-state index in [-0.39, 0.29) is 16.4 Å². The number of amides is 2. The van der Waals surface area contributed by atoms with Crippen molar-refractivity contribution in [2.45, 2.75) is 55.4 Å². The van der Waals surface area contributed by atoms with E-state index in [0.717, 1.165) is 63.4 Å². The third kappa shape index (κ3) is 6.29. The number of carbonyl (C=O) groups is 2. The van der Waals surface area contributed by atoms with Gasteiger partial charge < -0.3 is 14.7 Å². The third-order valence-corrected chi connectivity index (χ3v) is 8.67. The smallest absolute Gasteiger partial charge is 0.235 e. The molecule has 2 atom stereocenters. The van der Waals surface area contributed by atoms with Gasteiger partial charge in [-0.15, -0.1) is 23.5 Å². The average molecular weight is 414 g/mol. The number of thioether (sulfide) groups is 2. The molecule has 3 aliphatic heterocycles. The van der Waals surface area contributed by atoms with Crippen LogP contribution in [0.5, 0.6) is 0 Å². The first-order chi connectivity index (χ1) is 13.1. The van der Waals surface area contributed by atoms with E-state index >= 15 is 0 Å². The summed E-state index contributed by atoms with van der Waals surface area (Å²) >= 11 is 3.60. The molecule has 0 spiro atoms. The molecule has 0 aliphatic carbocycles. The van der Waals surface area contributed by atoms with Crippen LogP contribution in [0.3, 0.4) is 0 Å². The zero-order chi connectivity index (χ0) is 19.1. The normalized spacial score (nSPS) is 26.3. The molecule has 0 saturated carbocycles. The largest absolute Gasteiger partial charge is 0.343 e. The minimum absolute atomic E-state index is 0.137. The zero-order valence-corrected chi connectivity index (χ0v) is 18.4. The molecule has 3 fully saturated rings. The molecule has 0 aromatic heterocycles. The molecule has 154 valence electrons. The van der Waals surface area contributed by atoms with Crippen molar-refractivity contribution in [3.8, 4) is 0 Å². The van der Waals surface area contributed by atoms with E-state index in [4.69, 9.17) is 0 Å². The lowest BCUT2D eigenvalue weighted by Gasteiger charge is -2.32. The van der Waals surface area contributed by atoms with Crippen LogP contribution in [0.4, 0.5) is 0 Å². The van der Waals surface area contributed by atoms with Gasteiger partial charge in [-0.1, -0.05) is 6.42 Å². The van der Waals surface area contributed by atoms with Gasteiger partial charge in [0.15, 0.2) is 0 Å². The van der Waals surface area contributed by atoms with Crippen LogP contribution in [0, 0.1) is 0 Å². The van der Waals surface area contributed by atoms with Crippen molar-refractivity contribution in [2.24, 2.45) is 0 Å². The minimum atomic E-state index is 0.137. The van der Waals surface area contributed by atoms with Crippen LogP contribution in [0.15, 0.2) is 0 Å². The second-order valence-electron chi connectivity index (χ2n) is 7.99. The number of rotatable bonds is 8. The number of likely N-dealkylation sites (N-methyl/N-ethyl adjacent to an activating group) is 1. The highest BCUT2D eigenvalue weighted by Gasteiger charge is 2.30. The molecule has 3 rings (SSSR count). The molecule has 3 aliphatic rings. The molecule has 7 heteroatoms. The molecular formula is C20H35N3O2S2. The summed E-state index contributed by atoms with van der Waals surface area (Å²) in [6, 6.07) is 0. The molecule has 3 saturated heterocycles. The molecular weight excluding hydrogens is 378 g/mol. The Morgan fingerprint density at radius 2 is 1.48 bits per heavy atom. The second-order valence-corrected chi connectivity index (χ2v) is 10.6. The number of hydrogen-bond acceptors (Lipinski definition) is 5. The van der Waals surface area contributed by atoms with Gasteiger partial charge in [-0.25, -0.2) is 0 Å². The van der Waals surface area contributed by atoms with Gasteiger partial charge >= 0.3 is 0 Å². The summed E-state index contributed by atoms with van der Waals surface area (Å²) in [6.07, 6.45) is 8.21. The maximum atomic E-state index is 13.0. The van der Waals surface area contributed by atoms with Crippen molar-refractivity contribution in [2.75, 3.05) is 57.8 Å². The highest BCUT2D eigenvalue weighted by atomic mass is 32.2. The monoisotopic (exact) mass is 413 g/mol. The van der Waals surface area contributed by atoms with E-state index < -0.39 is 0 Å². The van der Waals surface area contributed by atoms with Crippen molar-refractivity contribution in [3.63, 3.8) is 0 Å². The molecule has 0 aromatic carbocycles. The molecule has 3 heterocycles. The molecule has 5 nitrogen and oxygen atoms in total. The molecule has 27 heavy (non-hydrogen) atoms.